The average Bonchev–Trinajstić information content (AvgIpc) is 3.13. The van der Waals surface area contributed by atoms with Gasteiger partial charge in [-0.15, -0.1) is 11.3 Å². The molecule has 2 amide bonds. The quantitative estimate of drug-likeness (QED) is 0.549. The highest BCUT2D eigenvalue weighted by atomic mass is 32.1. The lowest BCUT2D eigenvalue weighted by Crippen LogP contribution is -2.42. The summed E-state index contributed by atoms with van der Waals surface area (Å²) in [5, 5.41) is 3.06. The lowest BCUT2D eigenvalue weighted by molar-refractivity contribution is 0.195. The van der Waals surface area contributed by atoms with Gasteiger partial charge in [0.25, 0.3) is 0 Å². The predicted octanol–water partition coefficient (Wildman–Crippen LogP) is 5.82. The van der Waals surface area contributed by atoms with Crippen LogP contribution in [0.25, 0.3) is 0 Å². The van der Waals surface area contributed by atoms with Gasteiger partial charge in [-0.2, -0.15) is 0 Å². The fourth-order valence-corrected chi connectivity index (χ4v) is 5.81. The third-order valence-electron chi connectivity index (χ3n) is 5.84. The largest absolute Gasteiger partial charge is 0.497 e. The summed E-state index contributed by atoms with van der Waals surface area (Å²) in [6, 6.07) is 15.5. The Bertz CT molecular complexity index is 1060. The molecule has 0 saturated heterocycles. The molecule has 0 fully saturated rings. The number of hydrogen-bond donors (Lipinski definition) is 1. The summed E-state index contributed by atoms with van der Waals surface area (Å²) in [4.78, 5) is 18.0. The Kier molecular flexibility index (Phi) is 6.18. The van der Waals surface area contributed by atoms with E-state index in [0.29, 0.717) is 23.7 Å². The molecule has 5 nitrogen and oxygen atoms in total. The molecule has 1 aromatic heterocycles. The van der Waals surface area contributed by atoms with Crippen LogP contribution in [0.3, 0.4) is 0 Å². The number of aryl methyl sites for hydroxylation is 1. The molecule has 6 heteroatoms. The average molecular weight is 437 g/mol. The first-order valence-electron chi connectivity index (χ1n) is 10.5. The number of anilines is 1. The molecule has 3 aromatic rings. The van der Waals surface area contributed by atoms with Crippen LogP contribution in [0.5, 0.6) is 11.5 Å². The number of ether oxygens (including phenoxy) is 2. The maximum atomic E-state index is 13.5. The molecule has 162 valence electrons. The number of thiophene rings is 1. The molecule has 0 saturated carbocycles. The zero-order chi connectivity index (χ0) is 22.0. The molecule has 1 N–H and O–H groups in total. The van der Waals surface area contributed by atoms with Crippen LogP contribution in [0.4, 0.5) is 10.5 Å². The third kappa shape index (κ3) is 4.12. The van der Waals surface area contributed by atoms with E-state index in [-0.39, 0.29) is 12.1 Å². The van der Waals surface area contributed by atoms with Gasteiger partial charge in [0, 0.05) is 40.2 Å². The van der Waals surface area contributed by atoms with E-state index in [1.54, 1.807) is 32.4 Å². The molecule has 0 radical (unpaired) electrons. The van der Waals surface area contributed by atoms with Gasteiger partial charge in [0.2, 0.25) is 0 Å². The second-order valence-electron chi connectivity index (χ2n) is 7.62. The Balaban J connectivity index is 1.70. The van der Waals surface area contributed by atoms with E-state index >= 15 is 0 Å². The first-order valence-corrected chi connectivity index (χ1v) is 11.3. The van der Waals surface area contributed by atoms with Crippen molar-refractivity contribution < 1.29 is 14.3 Å². The number of carbonyl (C=O) groups excluding carboxylic acids is 1. The SMILES string of the molecule is CCc1c(C)sc2c1CCN(C(=O)Nc1cc(OC)cc(OC)c1)C2c1ccccc1. The maximum Gasteiger partial charge on any atom is 0.322 e. The topological polar surface area (TPSA) is 50.8 Å². The maximum absolute atomic E-state index is 13.5. The number of methoxy groups -OCH3 is 2. The van der Waals surface area contributed by atoms with Crippen molar-refractivity contribution in [1.29, 1.82) is 0 Å². The molecule has 31 heavy (non-hydrogen) atoms. The van der Waals surface area contributed by atoms with E-state index < -0.39 is 0 Å². The van der Waals surface area contributed by atoms with Gasteiger partial charge >= 0.3 is 6.03 Å². The summed E-state index contributed by atoms with van der Waals surface area (Å²) in [6.07, 6.45) is 1.90. The molecular weight excluding hydrogens is 408 g/mol. The smallest absolute Gasteiger partial charge is 0.322 e. The van der Waals surface area contributed by atoms with Crippen LogP contribution >= 0.6 is 11.3 Å². The van der Waals surface area contributed by atoms with Gasteiger partial charge in [-0.05, 0) is 36.5 Å². The number of hydrogen-bond acceptors (Lipinski definition) is 4. The Morgan fingerprint density at radius 2 is 1.81 bits per heavy atom. The van der Waals surface area contributed by atoms with Crippen LogP contribution in [0.15, 0.2) is 48.5 Å². The van der Waals surface area contributed by atoms with Crippen LogP contribution in [0.1, 0.15) is 39.4 Å². The van der Waals surface area contributed by atoms with Gasteiger partial charge in [-0.3, -0.25) is 0 Å². The van der Waals surface area contributed by atoms with E-state index in [9.17, 15) is 4.79 Å². The second-order valence-corrected chi connectivity index (χ2v) is 8.88. The summed E-state index contributed by atoms with van der Waals surface area (Å²) >= 11 is 1.82. The number of nitrogens with one attached hydrogen (secondary N) is 1. The number of carbonyl (C=O) groups is 1. The summed E-state index contributed by atoms with van der Waals surface area (Å²) < 4.78 is 10.7. The van der Waals surface area contributed by atoms with Gasteiger partial charge in [0.15, 0.2) is 0 Å². The zero-order valence-corrected chi connectivity index (χ0v) is 19.2. The summed E-state index contributed by atoms with van der Waals surface area (Å²) in [5.74, 6) is 1.27. The van der Waals surface area contributed by atoms with Gasteiger partial charge in [0.1, 0.15) is 11.5 Å². The minimum absolute atomic E-state index is 0.0959. The van der Waals surface area contributed by atoms with Crippen molar-refractivity contribution in [2.24, 2.45) is 0 Å². The van der Waals surface area contributed by atoms with Gasteiger partial charge in [-0.25, -0.2) is 4.79 Å². The molecule has 1 unspecified atom stereocenters. The number of rotatable bonds is 5. The van der Waals surface area contributed by atoms with Crippen LogP contribution in [-0.2, 0) is 12.8 Å². The Morgan fingerprint density at radius 1 is 1.13 bits per heavy atom. The molecule has 2 aromatic carbocycles. The van der Waals surface area contributed by atoms with Crippen LogP contribution in [0.2, 0.25) is 0 Å². The molecule has 2 heterocycles. The Labute approximate surface area is 187 Å². The van der Waals surface area contributed by atoms with E-state index in [4.69, 9.17) is 9.47 Å². The molecule has 0 bridgehead atoms. The summed E-state index contributed by atoms with van der Waals surface area (Å²) in [6.45, 7) is 5.07. The fraction of sp³-hybridized carbons (Fsp3) is 0.320. The van der Waals surface area contributed by atoms with Crippen molar-refractivity contribution in [3.05, 3.63) is 75.0 Å². The first-order chi connectivity index (χ1) is 15.0. The van der Waals surface area contributed by atoms with E-state index in [0.717, 1.165) is 18.4 Å². The molecule has 0 aliphatic carbocycles. The fourth-order valence-electron chi connectivity index (χ4n) is 4.37. The highest BCUT2D eigenvalue weighted by Crippen LogP contribution is 2.43. The Hall–Kier alpha value is -2.99. The van der Waals surface area contributed by atoms with Gasteiger partial charge < -0.3 is 19.7 Å². The lowest BCUT2D eigenvalue weighted by atomic mass is 9.92. The van der Waals surface area contributed by atoms with Gasteiger partial charge in [0.05, 0.1) is 20.3 Å². The van der Waals surface area contributed by atoms with E-state index in [2.05, 4.69) is 31.3 Å². The normalized spacial score (nSPS) is 15.4. The summed E-state index contributed by atoms with van der Waals surface area (Å²) in [7, 11) is 3.20. The van der Waals surface area contributed by atoms with E-state index in [1.165, 1.54) is 20.9 Å². The molecular formula is C25H28N2O3S. The van der Waals surface area contributed by atoms with Gasteiger partial charge in [-0.1, -0.05) is 37.3 Å². The summed E-state index contributed by atoms with van der Waals surface area (Å²) in [5.41, 5.74) is 4.64. The third-order valence-corrected chi connectivity index (χ3v) is 7.09. The van der Waals surface area contributed by atoms with E-state index in [1.807, 2.05) is 34.4 Å². The lowest BCUT2D eigenvalue weighted by Gasteiger charge is -2.36. The van der Waals surface area contributed by atoms with Crippen molar-refractivity contribution in [2.75, 3.05) is 26.1 Å². The Morgan fingerprint density at radius 3 is 2.42 bits per heavy atom. The minimum Gasteiger partial charge on any atom is -0.497 e. The van der Waals surface area contributed by atoms with Crippen molar-refractivity contribution in [3.63, 3.8) is 0 Å². The van der Waals surface area contributed by atoms with Crippen LogP contribution in [-0.4, -0.2) is 31.7 Å². The number of urea groups is 1. The van der Waals surface area contributed by atoms with Crippen molar-refractivity contribution in [1.82, 2.24) is 4.90 Å². The number of nitrogens with zero attached hydrogens (tertiary/aromatic N) is 1. The van der Waals surface area contributed by atoms with Crippen molar-refractivity contribution in [2.45, 2.75) is 32.7 Å². The molecule has 0 spiro atoms. The first kappa shape index (κ1) is 21.2. The minimum atomic E-state index is -0.126. The predicted molar refractivity (Wildman–Crippen MR) is 126 cm³/mol. The van der Waals surface area contributed by atoms with Crippen LogP contribution in [0, 0.1) is 6.92 Å². The van der Waals surface area contributed by atoms with Crippen molar-refractivity contribution in [3.8, 4) is 11.5 Å². The standard InChI is InChI=1S/C25H28N2O3S/c1-5-21-16(2)31-24-22(21)11-12-27(23(24)17-9-7-6-8-10-17)25(28)26-18-13-19(29-3)15-20(14-18)30-4/h6-10,13-15,23H,5,11-12H2,1-4H3,(H,26,28). The second kappa shape index (κ2) is 9.02. The number of amides is 2. The molecule has 1 aliphatic rings. The molecule has 1 aliphatic heterocycles. The highest BCUT2D eigenvalue weighted by Gasteiger charge is 2.35. The molecule has 4 rings (SSSR count). The zero-order valence-electron chi connectivity index (χ0n) is 18.4. The van der Waals surface area contributed by atoms with Crippen LogP contribution < -0.4 is 14.8 Å². The number of benzene rings is 2. The number of fused-ring (bicyclic) bond motifs is 1. The monoisotopic (exact) mass is 436 g/mol. The highest BCUT2D eigenvalue weighted by molar-refractivity contribution is 7.12. The van der Waals surface area contributed by atoms with Crippen molar-refractivity contribution >= 4 is 23.1 Å². The molecule has 1 atom stereocenters.